The molecule has 2 aromatic rings. The van der Waals surface area contributed by atoms with Gasteiger partial charge in [-0.1, -0.05) is 35.5 Å². The van der Waals surface area contributed by atoms with Crippen molar-refractivity contribution in [2.24, 2.45) is 0 Å². The summed E-state index contributed by atoms with van der Waals surface area (Å²) in [5.41, 5.74) is 5.00. The van der Waals surface area contributed by atoms with Crippen LogP contribution in [0.5, 0.6) is 0 Å². The molecule has 0 amide bonds. The zero-order valence-corrected chi connectivity index (χ0v) is 11.0. The predicted octanol–water partition coefficient (Wildman–Crippen LogP) is 2.32. The maximum Gasteiger partial charge on any atom is 0.277 e. The van der Waals surface area contributed by atoms with E-state index in [1.807, 2.05) is 31.2 Å². The van der Waals surface area contributed by atoms with Crippen LogP contribution in [-0.2, 0) is 5.75 Å². The number of rotatable bonds is 4. The molecule has 1 aromatic carbocycles. The van der Waals surface area contributed by atoms with Crippen LogP contribution in [0.2, 0.25) is 5.02 Å². The lowest BCUT2D eigenvalue weighted by Crippen LogP contribution is -2.51. The summed E-state index contributed by atoms with van der Waals surface area (Å²) in [7, 11) is 0. The van der Waals surface area contributed by atoms with Crippen LogP contribution in [0.1, 0.15) is 24.4 Å². The van der Waals surface area contributed by atoms with Crippen LogP contribution in [-0.4, -0.2) is 10.2 Å². The van der Waals surface area contributed by atoms with E-state index in [0.717, 1.165) is 10.8 Å². The van der Waals surface area contributed by atoms with Crippen LogP contribution in [0.3, 0.4) is 0 Å². The van der Waals surface area contributed by atoms with Gasteiger partial charge in [0.2, 0.25) is 0 Å². The zero-order valence-electron chi connectivity index (χ0n) is 9.39. The summed E-state index contributed by atoms with van der Waals surface area (Å²) in [6.45, 7) is 1.92. The van der Waals surface area contributed by atoms with Gasteiger partial charge in [0.1, 0.15) is 0 Å². The fourth-order valence-electron chi connectivity index (χ4n) is 1.20. The lowest BCUT2D eigenvalue weighted by atomic mass is 10.2. The summed E-state index contributed by atoms with van der Waals surface area (Å²) in [4.78, 5) is 0. The number of aromatic nitrogens is 2. The van der Waals surface area contributed by atoms with Gasteiger partial charge in [0, 0.05) is 10.8 Å². The van der Waals surface area contributed by atoms with Crippen LogP contribution < -0.4 is 5.73 Å². The van der Waals surface area contributed by atoms with E-state index in [4.69, 9.17) is 16.0 Å². The lowest BCUT2D eigenvalue weighted by molar-refractivity contribution is -0.425. The molecule has 1 aromatic heterocycles. The second-order valence-corrected chi connectivity index (χ2v) is 5.09. The Morgan fingerprint density at radius 3 is 2.65 bits per heavy atom. The Bertz CT molecular complexity index is 484. The average molecular weight is 271 g/mol. The normalized spacial score (nSPS) is 12.6. The molecule has 90 valence electrons. The van der Waals surface area contributed by atoms with Gasteiger partial charge < -0.3 is 10.2 Å². The summed E-state index contributed by atoms with van der Waals surface area (Å²) < 4.78 is 5.44. The van der Waals surface area contributed by atoms with Gasteiger partial charge in [-0.2, -0.15) is 0 Å². The van der Waals surface area contributed by atoms with Crippen LogP contribution in [0, 0.1) is 0 Å². The highest BCUT2D eigenvalue weighted by molar-refractivity contribution is 7.98. The minimum atomic E-state index is 0.0207. The molecule has 17 heavy (non-hydrogen) atoms. The number of benzene rings is 1. The molecule has 0 aliphatic carbocycles. The first-order valence-electron chi connectivity index (χ1n) is 5.19. The molecule has 0 saturated carbocycles. The highest BCUT2D eigenvalue weighted by atomic mass is 35.5. The maximum absolute atomic E-state index is 5.81. The molecule has 2 rings (SSSR count). The van der Waals surface area contributed by atoms with Crippen LogP contribution in [0.15, 0.2) is 33.9 Å². The molecule has 0 aliphatic heterocycles. The fourth-order valence-corrected chi connectivity index (χ4v) is 2.06. The molecule has 0 saturated heterocycles. The topological polar surface area (TPSA) is 66.6 Å². The quantitative estimate of drug-likeness (QED) is 0.866. The van der Waals surface area contributed by atoms with Crippen molar-refractivity contribution in [3.05, 3.63) is 40.7 Å². The minimum absolute atomic E-state index is 0.0207. The Morgan fingerprint density at radius 2 is 2.06 bits per heavy atom. The average Bonchev–Trinajstić information content (AvgIpc) is 2.77. The highest BCUT2D eigenvalue weighted by Gasteiger charge is 2.12. The molecular weight excluding hydrogens is 258 g/mol. The second-order valence-electron chi connectivity index (χ2n) is 3.72. The summed E-state index contributed by atoms with van der Waals surface area (Å²) >= 11 is 7.32. The molecule has 1 heterocycles. The van der Waals surface area contributed by atoms with E-state index < -0.39 is 0 Å². The summed E-state index contributed by atoms with van der Waals surface area (Å²) in [5, 5.41) is 9.19. The molecule has 6 heteroatoms. The highest BCUT2D eigenvalue weighted by Crippen LogP contribution is 2.23. The molecule has 3 N–H and O–H groups in total. The largest absolute Gasteiger partial charge is 0.410 e. The molecule has 1 atom stereocenters. The van der Waals surface area contributed by atoms with E-state index in [1.165, 1.54) is 17.3 Å². The van der Waals surface area contributed by atoms with Gasteiger partial charge in [0.25, 0.3) is 11.1 Å². The Labute approximate surface area is 109 Å². The minimum Gasteiger partial charge on any atom is -0.410 e. The van der Waals surface area contributed by atoms with Crippen molar-refractivity contribution in [1.29, 1.82) is 0 Å². The third kappa shape index (κ3) is 3.46. The number of nitrogens with zero attached hydrogens (tertiary/aromatic N) is 2. The van der Waals surface area contributed by atoms with Crippen molar-refractivity contribution in [2.45, 2.75) is 23.9 Å². The number of thioether (sulfide) groups is 1. The van der Waals surface area contributed by atoms with Crippen molar-refractivity contribution in [2.75, 3.05) is 0 Å². The van der Waals surface area contributed by atoms with Crippen molar-refractivity contribution in [3.8, 4) is 0 Å². The van der Waals surface area contributed by atoms with Gasteiger partial charge in [0.05, 0.1) is 0 Å². The number of halogens is 1. The van der Waals surface area contributed by atoms with Gasteiger partial charge in [0.15, 0.2) is 6.04 Å². The zero-order chi connectivity index (χ0) is 12.3. The third-order valence-corrected chi connectivity index (χ3v) is 3.26. The first-order chi connectivity index (χ1) is 8.15. The first kappa shape index (κ1) is 12.4. The van der Waals surface area contributed by atoms with E-state index in [2.05, 4.69) is 15.9 Å². The number of hydrogen-bond donors (Lipinski definition) is 1. The van der Waals surface area contributed by atoms with E-state index in [9.17, 15) is 0 Å². The Hall–Kier alpha value is -1.04. The van der Waals surface area contributed by atoms with Gasteiger partial charge in [-0.05, 0) is 24.6 Å². The summed E-state index contributed by atoms with van der Waals surface area (Å²) in [5.74, 6) is 1.35. The van der Waals surface area contributed by atoms with Crippen molar-refractivity contribution >= 4 is 23.4 Å². The smallest absolute Gasteiger partial charge is 0.277 e. The molecule has 0 fully saturated rings. The second kappa shape index (κ2) is 5.53. The monoisotopic (exact) mass is 270 g/mol. The van der Waals surface area contributed by atoms with Gasteiger partial charge in [-0.25, -0.2) is 0 Å². The number of quaternary nitrogens is 1. The van der Waals surface area contributed by atoms with E-state index in [0.29, 0.717) is 11.1 Å². The molecule has 0 spiro atoms. The Balaban J connectivity index is 1.95. The molecule has 4 nitrogen and oxygen atoms in total. The van der Waals surface area contributed by atoms with Crippen molar-refractivity contribution in [3.63, 3.8) is 0 Å². The third-order valence-electron chi connectivity index (χ3n) is 2.12. The van der Waals surface area contributed by atoms with Crippen molar-refractivity contribution < 1.29 is 10.2 Å². The van der Waals surface area contributed by atoms with Crippen molar-refractivity contribution in [1.82, 2.24) is 10.2 Å². The molecule has 0 aliphatic rings. The standard InChI is InChI=1S/C11H12ClN3OS/c1-7(13)10-14-15-11(16-10)17-6-8-2-4-9(12)5-3-8/h2-5,7H,6,13H2,1H3/p+1/t7-/m0/s1. The summed E-state index contributed by atoms with van der Waals surface area (Å²) in [6, 6.07) is 7.73. The Kier molecular flexibility index (Phi) is 4.04. The van der Waals surface area contributed by atoms with E-state index in [-0.39, 0.29) is 6.04 Å². The van der Waals surface area contributed by atoms with Gasteiger partial charge >= 0.3 is 0 Å². The van der Waals surface area contributed by atoms with Crippen LogP contribution >= 0.6 is 23.4 Å². The fraction of sp³-hybridized carbons (Fsp3) is 0.273. The molecular formula is C11H13ClN3OS+. The maximum atomic E-state index is 5.81. The predicted molar refractivity (Wildman–Crippen MR) is 66.6 cm³/mol. The van der Waals surface area contributed by atoms with Crippen LogP contribution in [0.4, 0.5) is 0 Å². The summed E-state index contributed by atoms with van der Waals surface area (Å²) in [6.07, 6.45) is 0. The molecule has 0 radical (unpaired) electrons. The van der Waals surface area contributed by atoms with Crippen LogP contribution in [0.25, 0.3) is 0 Å². The molecule has 0 unspecified atom stereocenters. The van der Waals surface area contributed by atoms with E-state index >= 15 is 0 Å². The van der Waals surface area contributed by atoms with Gasteiger partial charge in [-0.3, -0.25) is 0 Å². The SMILES string of the molecule is C[C@H]([NH3+])c1nnc(SCc2ccc(Cl)cc2)o1. The van der Waals surface area contributed by atoms with E-state index in [1.54, 1.807) is 0 Å². The first-order valence-corrected chi connectivity index (χ1v) is 6.55. The molecule has 0 bridgehead atoms. The Morgan fingerprint density at radius 1 is 1.35 bits per heavy atom. The van der Waals surface area contributed by atoms with Gasteiger partial charge in [-0.15, -0.1) is 10.2 Å². The number of hydrogen-bond acceptors (Lipinski definition) is 4. The lowest BCUT2D eigenvalue weighted by Gasteiger charge is -1.98.